The first-order valence-corrected chi connectivity index (χ1v) is 3.94. The Balaban J connectivity index is 2.35. The summed E-state index contributed by atoms with van der Waals surface area (Å²) in [6.45, 7) is -0.0171. The summed E-state index contributed by atoms with van der Waals surface area (Å²) < 4.78 is 0. The van der Waals surface area contributed by atoms with Crippen molar-refractivity contribution in [3.8, 4) is 0 Å². The zero-order valence-electron chi connectivity index (χ0n) is 7.01. The molecule has 0 aliphatic carbocycles. The number of aliphatic hydroxyl groups excluding tert-OH is 1. The van der Waals surface area contributed by atoms with Crippen molar-refractivity contribution >= 4 is 11.9 Å². The monoisotopic (exact) mass is 188 g/mol. The molecule has 74 valence electrons. The molecular formula is C7H12N2O4. The molecule has 1 saturated heterocycles. The fourth-order valence-electron chi connectivity index (χ4n) is 1.13. The zero-order valence-corrected chi connectivity index (χ0v) is 7.01. The molecule has 0 spiro atoms. The number of hydrogen-bond acceptors (Lipinski definition) is 4. The Morgan fingerprint density at radius 2 is 2.08 bits per heavy atom. The van der Waals surface area contributed by atoms with Crippen LogP contribution in [0.4, 0.5) is 0 Å². The molecule has 1 atom stereocenters. The maximum absolute atomic E-state index is 11.2. The van der Waals surface area contributed by atoms with Crippen LogP contribution in [-0.2, 0) is 9.59 Å². The first-order chi connectivity index (χ1) is 6.06. The molecule has 1 heterocycles. The SMILES string of the molecule is N[C@@H](CO)C(=O)N1CC(C(=O)O)C1. The predicted octanol–water partition coefficient (Wildman–Crippen LogP) is -2.15. The van der Waals surface area contributed by atoms with E-state index in [0.717, 1.165) is 0 Å². The van der Waals surface area contributed by atoms with E-state index in [-0.39, 0.29) is 19.0 Å². The van der Waals surface area contributed by atoms with Crippen molar-refractivity contribution < 1.29 is 19.8 Å². The second-order valence-corrected chi connectivity index (χ2v) is 3.07. The Morgan fingerprint density at radius 3 is 2.46 bits per heavy atom. The average Bonchev–Trinajstić information content (AvgIpc) is 1.99. The minimum atomic E-state index is -0.922. The Bertz CT molecular complexity index is 225. The number of carbonyl (C=O) groups is 2. The first kappa shape index (κ1) is 9.94. The van der Waals surface area contributed by atoms with Gasteiger partial charge in [0.25, 0.3) is 0 Å². The summed E-state index contributed by atoms with van der Waals surface area (Å²) in [5.41, 5.74) is 5.26. The van der Waals surface area contributed by atoms with E-state index in [0.29, 0.717) is 0 Å². The Hall–Kier alpha value is -1.14. The van der Waals surface area contributed by atoms with Crippen molar-refractivity contribution in [3.05, 3.63) is 0 Å². The van der Waals surface area contributed by atoms with Crippen LogP contribution in [0.3, 0.4) is 0 Å². The van der Waals surface area contributed by atoms with E-state index in [2.05, 4.69) is 0 Å². The van der Waals surface area contributed by atoms with Crippen molar-refractivity contribution in [2.24, 2.45) is 11.7 Å². The molecule has 0 bridgehead atoms. The summed E-state index contributed by atoms with van der Waals surface area (Å²) in [5, 5.41) is 17.1. The van der Waals surface area contributed by atoms with E-state index in [1.54, 1.807) is 0 Å². The molecule has 1 rings (SSSR count). The number of aliphatic carboxylic acids is 1. The largest absolute Gasteiger partial charge is 0.481 e. The van der Waals surface area contributed by atoms with Gasteiger partial charge in [-0.3, -0.25) is 9.59 Å². The summed E-state index contributed by atoms with van der Waals surface area (Å²) in [7, 11) is 0. The lowest BCUT2D eigenvalue weighted by atomic mass is 9.99. The van der Waals surface area contributed by atoms with Gasteiger partial charge in [-0.25, -0.2) is 0 Å². The molecule has 0 aromatic rings. The molecule has 0 radical (unpaired) electrons. The van der Waals surface area contributed by atoms with E-state index in [1.165, 1.54) is 4.90 Å². The lowest BCUT2D eigenvalue weighted by Gasteiger charge is -2.37. The minimum Gasteiger partial charge on any atom is -0.481 e. The van der Waals surface area contributed by atoms with Gasteiger partial charge in [-0.15, -0.1) is 0 Å². The van der Waals surface area contributed by atoms with Crippen molar-refractivity contribution in [1.82, 2.24) is 4.90 Å². The lowest BCUT2D eigenvalue weighted by Crippen LogP contribution is -2.58. The lowest BCUT2D eigenvalue weighted by molar-refractivity contribution is -0.153. The summed E-state index contributed by atoms with van der Waals surface area (Å²) in [6, 6.07) is -0.922. The molecule has 0 aromatic heterocycles. The number of rotatable bonds is 3. The van der Waals surface area contributed by atoms with Crippen molar-refractivity contribution in [2.45, 2.75) is 6.04 Å². The molecule has 4 N–H and O–H groups in total. The highest BCUT2D eigenvalue weighted by atomic mass is 16.4. The van der Waals surface area contributed by atoms with E-state index in [4.69, 9.17) is 15.9 Å². The van der Waals surface area contributed by atoms with Crippen LogP contribution in [0.2, 0.25) is 0 Å². The number of carbonyl (C=O) groups excluding carboxylic acids is 1. The van der Waals surface area contributed by atoms with E-state index in [1.807, 2.05) is 0 Å². The van der Waals surface area contributed by atoms with Crippen LogP contribution >= 0.6 is 0 Å². The molecule has 1 fully saturated rings. The van der Waals surface area contributed by atoms with Gasteiger partial charge in [-0.05, 0) is 0 Å². The predicted molar refractivity (Wildman–Crippen MR) is 42.8 cm³/mol. The van der Waals surface area contributed by atoms with Crippen LogP contribution < -0.4 is 5.73 Å². The van der Waals surface area contributed by atoms with Crippen molar-refractivity contribution in [2.75, 3.05) is 19.7 Å². The maximum atomic E-state index is 11.2. The number of hydrogen-bond donors (Lipinski definition) is 3. The van der Waals surface area contributed by atoms with Gasteiger partial charge in [0.2, 0.25) is 5.91 Å². The number of carboxylic acid groups (broad SMARTS) is 1. The summed E-state index contributed by atoms with van der Waals surface area (Å²) in [5.74, 6) is -1.77. The fraction of sp³-hybridized carbons (Fsp3) is 0.714. The van der Waals surface area contributed by atoms with Gasteiger partial charge < -0.3 is 20.8 Å². The summed E-state index contributed by atoms with van der Waals surface area (Å²) in [4.78, 5) is 22.9. The quantitative estimate of drug-likeness (QED) is 0.468. The van der Waals surface area contributed by atoms with E-state index in [9.17, 15) is 9.59 Å². The topological polar surface area (TPSA) is 104 Å². The van der Waals surface area contributed by atoms with Gasteiger partial charge in [0, 0.05) is 13.1 Å². The molecule has 6 nitrogen and oxygen atoms in total. The third-order valence-corrected chi connectivity index (χ3v) is 2.06. The number of nitrogens with two attached hydrogens (primary N) is 1. The molecule has 13 heavy (non-hydrogen) atoms. The number of carboxylic acids is 1. The number of amides is 1. The van der Waals surface area contributed by atoms with Crippen LogP contribution in [0.25, 0.3) is 0 Å². The molecule has 0 aromatic carbocycles. The third-order valence-electron chi connectivity index (χ3n) is 2.06. The van der Waals surface area contributed by atoms with E-state index >= 15 is 0 Å². The summed E-state index contributed by atoms with van der Waals surface area (Å²) >= 11 is 0. The second-order valence-electron chi connectivity index (χ2n) is 3.07. The maximum Gasteiger partial charge on any atom is 0.310 e. The molecule has 1 aliphatic heterocycles. The standard InChI is InChI=1S/C7H12N2O4/c8-5(3-10)6(11)9-1-4(2-9)7(12)13/h4-5,10H,1-3,8H2,(H,12,13)/t5-/m0/s1. The molecule has 1 amide bonds. The Kier molecular flexibility index (Phi) is 2.84. The highest BCUT2D eigenvalue weighted by Crippen LogP contribution is 2.15. The van der Waals surface area contributed by atoms with Crippen molar-refractivity contribution in [1.29, 1.82) is 0 Å². The molecular weight excluding hydrogens is 176 g/mol. The number of aliphatic hydroxyl groups is 1. The van der Waals surface area contributed by atoms with Crippen LogP contribution in [0, 0.1) is 5.92 Å². The number of likely N-dealkylation sites (tertiary alicyclic amines) is 1. The third kappa shape index (κ3) is 1.96. The smallest absolute Gasteiger partial charge is 0.310 e. The van der Waals surface area contributed by atoms with Gasteiger partial charge in [-0.1, -0.05) is 0 Å². The average molecular weight is 188 g/mol. The highest BCUT2D eigenvalue weighted by molar-refractivity contribution is 5.84. The Labute approximate surface area is 74.9 Å². The van der Waals surface area contributed by atoms with Gasteiger partial charge in [0.1, 0.15) is 6.04 Å². The molecule has 0 saturated carbocycles. The van der Waals surface area contributed by atoms with Crippen molar-refractivity contribution in [3.63, 3.8) is 0 Å². The van der Waals surface area contributed by atoms with Gasteiger partial charge in [0.05, 0.1) is 12.5 Å². The van der Waals surface area contributed by atoms with Crippen LogP contribution in [0.5, 0.6) is 0 Å². The van der Waals surface area contributed by atoms with E-state index < -0.39 is 24.5 Å². The molecule has 0 unspecified atom stereocenters. The molecule has 6 heteroatoms. The van der Waals surface area contributed by atoms with Crippen LogP contribution in [-0.4, -0.2) is 52.7 Å². The van der Waals surface area contributed by atoms with Gasteiger partial charge in [0.15, 0.2) is 0 Å². The number of nitrogens with zero attached hydrogens (tertiary/aromatic N) is 1. The van der Waals surface area contributed by atoms with Gasteiger partial charge in [-0.2, -0.15) is 0 Å². The first-order valence-electron chi connectivity index (χ1n) is 3.94. The molecule has 1 aliphatic rings. The second kappa shape index (κ2) is 3.71. The van der Waals surface area contributed by atoms with Crippen LogP contribution in [0.15, 0.2) is 0 Å². The fourth-order valence-corrected chi connectivity index (χ4v) is 1.13. The Morgan fingerprint density at radius 1 is 1.54 bits per heavy atom. The van der Waals surface area contributed by atoms with Crippen LogP contribution in [0.1, 0.15) is 0 Å². The normalized spacial score (nSPS) is 19.4. The minimum absolute atomic E-state index is 0.196. The highest BCUT2D eigenvalue weighted by Gasteiger charge is 2.37. The zero-order chi connectivity index (χ0) is 10.0. The summed E-state index contributed by atoms with van der Waals surface area (Å²) in [6.07, 6.45) is 0. The van der Waals surface area contributed by atoms with Gasteiger partial charge >= 0.3 is 5.97 Å².